The van der Waals surface area contributed by atoms with Crippen molar-refractivity contribution in [3.63, 3.8) is 0 Å². The van der Waals surface area contributed by atoms with Crippen molar-refractivity contribution in [1.82, 2.24) is 4.90 Å². The van der Waals surface area contributed by atoms with Crippen LogP contribution in [0.4, 0.5) is 4.39 Å². The zero-order chi connectivity index (χ0) is 15.6. The number of likely N-dealkylation sites (N-methyl/N-ethyl adjacent to an activating group) is 1. The average Bonchev–Trinajstić information content (AvgIpc) is 2.38. The molecule has 0 bridgehead atoms. The maximum absolute atomic E-state index is 13.3. The summed E-state index contributed by atoms with van der Waals surface area (Å²) in [6.07, 6.45) is -0.480. The number of morpholine rings is 1. The van der Waals surface area contributed by atoms with Gasteiger partial charge in [-0.3, -0.25) is 0 Å². The van der Waals surface area contributed by atoms with Gasteiger partial charge in [0.25, 0.3) is 0 Å². The van der Waals surface area contributed by atoms with Crippen molar-refractivity contribution in [1.29, 1.82) is 0 Å². The van der Waals surface area contributed by atoms with E-state index in [1.165, 1.54) is 0 Å². The molecule has 1 N–H and O–H groups in total. The number of ether oxygens (including phenoxy) is 1. The number of benzene rings is 1. The highest BCUT2D eigenvalue weighted by Crippen LogP contribution is 2.19. The predicted molar refractivity (Wildman–Crippen MR) is 72.6 cm³/mol. The van der Waals surface area contributed by atoms with E-state index in [1.807, 2.05) is 11.9 Å². The van der Waals surface area contributed by atoms with E-state index in [1.54, 1.807) is 0 Å². The molecule has 116 valence electrons. The van der Waals surface area contributed by atoms with Crippen LogP contribution in [0, 0.1) is 5.82 Å². The van der Waals surface area contributed by atoms with E-state index in [0.29, 0.717) is 13.2 Å². The lowest BCUT2D eigenvalue weighted by Gasteiger charge is -2.29. The van der Waals surface area contributed by atoms with E-state index >= 15 is 0 Å². The fraction of sp³-hybridized carbons (Fsp3) is 0.462. The number of hydrogen-bond donors (Lipinski definition) is 1. The summed E-state index contributed by atoms with van der Waals surface area (Å²) in [4.78, 5) is 12.6. The van der Waals surface area contributed by atoms with Gasteiger partial charge in [-0.1, -0.05) is 0 Å². The molecule has 1 saturated heterocycles. The third-order valence-electron chi connectivity index (χ3n) is 3.27. The number of carboxylic acid groups (broad SMARTS) is 1. The maximum atomic E-state index is 13.3. The molecule has 0 amide bonds. The number of rotatable bonds is 4. The second kappa shape index (κ2) is 6.08. The van der Waals surface area contributed by atoms with Crippen molar-refractivity contribution in [2.24, 2.45) is 0 Å². The van der Waals surface area contributed by atoms with Gasteiger partial charge < -0.3 is 14.7 Å². The summed E-state index contributed by atoms with van der Waals surface area (Å²) in [6, 6.07) is 2.77. The Labute approximate surface area is 122 Å². The number of nitrogens with zero attached hydrogens (tertiary/aromatic N) is 1. The standard InChI is InChI=1S/C13H16FNO5S/c1-15-4-5-20-9(7-15)8-21(18,19)10-2-3-12(14)11(6-10)13(16)17/h2-3,6,9H,4-5,7-8H2,1H3,(H,16,17). The van der Waals surface area contributed by atoms with Crippen LogP contribution in [-0.4, -0.2) is 63.0 Å². The van der Waals surface area contributed by atoms with Crippen LogP contribution < -0.4 is 0 Å². The quantitative estimate of drug-likeness (QED) is 0.820. The number of carbonyl (C=O) groups is 1. The monoisotopic (exact) mass is 317 g/mol. The number of sulfone groups is 1. The van der Waals surface area contributed by atoms with Crippen molar-refractivity contribution < 1.29 is 27.4 Å². The predicted octanol–water partition coefficient (Wildman–Crippen LogP) is 0.628. The molecular formula is C13H16FNO5S. The van der Waals surface area contributed by atoms with Gasteiger partial charge in [-0.2, -0.15) is 0 Å². The zero-order valence-electron chi connectivity index (χ0n) is 11.5. The fourth-order valence-corrected chi connectivity index (χ4v) is 3.63. The maximum Gasteiger partial charge on any atom is 0.338 e. The highest BCUT2D eigenvalue weighted by atomic mass is 32.2. The molecule has 0 spiro atoms. The first kappa shape index (κ1) is 15.9. The first-order valence-corrected chi connectivity index (χ1v) is 8.00. The Hall–Kier alpha value is -1.51. The van der Waals surface area contributed by atoms with Crippen LogP contribution in [0.5, 0.6) is 0 Å². The molecule has 1 aliphatic heterocycles. The Bertz CT molecular complexity index is 646. The topological polar surface area (TPSA) is 83.9 Å². The summed E-state index contributed by atoms with van der Waals surface area (Å²) in [5.41, 5.74) is -0.655. The van der Waals surface area contributed by atoms with Gasteiger partial charge in [0, 0.05) is 13.1 Å². The van der Waals surface area contributed by atoms with Crippen LogP contribution >= 0.6 is 0 Å². The van der Waals surface area contributed by atoms with Gasteiger partial charge in [-0.25, -0.2) is 17.6 Å². The number of hydrogen-bond acceptors (Lipinski definition) is 5. The first-order chi connectivity index (χ1) is 9.79. The Balaban J connectivity index is 2.23. The Morgan fingerprint density at radius 1 is 1.52 bits per heavy atom. The Kier molecular flexibility index (Phi) is 4.60. The van der Waals surface area contributed by atoms with Crippen LogP contribution in [-0.2, 0) is 14.6 Å². The molecule has 1 aliphatic rings. The van der Waals surface area contributed by atoms with Crippen LogP contribution in [0.25, 0.3) is 0 Å². The molecule has 0 saturated carbocycles. The van der Waals surface area contributed by atoms with E-state index in [4.69, 9.17) is 9.84 Å². The molecule has 6 nitrogen and oxygen atoms in total. The van der Waals surface area contributed by atoms with Crippen molar-refractivity contribution in [3.8, 4) is 0 Å². The summed E-state index contributed by atoms with van der Waals surface area (Å²) in [6.45, 7) is 1.66. The molecule has 2 rings (SSSR count). The lowest BCUT2D eigenvalue weighted by atomic mass is 10.2. The lowest BCUT2D eigenvalue weighted by molar-refractivity contribution is -0.00680. The van der Waals surface area contributed by atoms with Gasteiger partial charge >= 0.3 is 5.97 Å². The minimum atomic E-state index is -3.74. The lowest BCUT2D eigenvalue weighted by Crippen LogP contribution is -2.43. The van der Waals surface area contributed by atoms with E-state index in [9.17, 15) is 17.6 Å². The third kappa shape index (κ3) is 3.78. The SMILES string of the molecule is CN1CCOC(CS(=O)(=O)c2ccc(F)c(C(=O)O)c2)C1. The summed E-state index contributed by atoms with van der Waals surface area (Å²) < 4.78 is 43.3. The van der Waals surface area contributed by atoms with Crippen molar-refractivity contribution in [2.75, 3.05) is 32.5 Å². The smallest absolute Gasteiger partial charge is 0.338 e. The van der Waals surface area contributed by atoms with Crippen LogP contribution in [0.2, 0.25) is 0 Å². The van der Waals surface area contributed by atoms with E-state index < -0.39 is 33.3 Å². The number of halogens is 1. The van der Waals surface area contributed by atoms with E-state index in [-0.39, 0.29) is 10.6 Å². The second-order valence-corrected chi connectivity index (χ2v) is 7.02. The van der Waals surface area contributed by atoms with E-state index in [2.05, 4.69) is 0 Å². The molecule has 1 unspecified atom stereocenters. The summed E-state index contributed by atoms with van der Waals surface area (Å²) in [5, 5.41) is 8.85. The van der Waals surface area contributed by atoms with Crippen LogP contribution in [0.15, 0.2) is 23.1 Å². The number of aromatic carboxylic acids is 1. The largest absolute Gasteiger partial charge is 0.478 e. The minimum Gasteiger partial charge on any atom is -0.478 e. The molecule has 1 heterocycles. The molecule has 0 aromatic heterocycles. The zero-order valence-corrected chi connectivity index (χ0v) is 12.3. The molecule has 1 aromatic rings. The van der Waals surface area contributed by atoms with E-state index in [0.717, 1.165) is 24.7 Å². The molecule has 21 heavy (non-hydrogen) atoms. The van der Waals surface area contributed by atoms with Crippen molar-refractivity contribution in [3.05, 3.63) is 29.6 Å². The molecule has 0 aliphatic carbocycles. The van der Waals surface area contributed by atoms with Crippen molar-refractivity contribution >= 4 is 15.8 Å². The normalized spacial score (nSPS) is 20.4. The molecule has 1 fully saturated rings. The summed E-state index contributed by atoms with van der Waals surface area (Å²) >= 11 is 0. The van der Waals surface area contributed by atoms with Gasteiger partial charge in [0.15, 0.2) is 9.84 Å². The Morgan fingerprint density at radius 3 is 2.86 bits per heavy atom. The molecular weight excluding hydrogens is 301 g/mol. The fourth-order valence-electron chi connectivity index (χ4n) is 2.17. The highest BCUT2D eigenvalue weighted by molar-refractivity contribution is 7.91. The highest BCUT2D eigenvalue weighted by Gasteiger charge is 2.26. The second-order valence-electron chi connectivity index (χ2n) is 4.98. The molecule has 1 atom stereocenters. The summed E-state index contributed by atoms with van der Waals surface area (Å²) in [7, 11) is -1.87. The molecule has 1 aromatic carbocycles. The molecule has 0 radical (unpaired) electrons. The average molecular weight is 317 g/mol. The van der Waals surface area contributed by atoms with Gasteiger partial charge in [0.05, 0.1) is 28.9 Å². The van der Waals surface area contributed by atoms with Gasteiger partial charge in [-0.05, 0) is 25.2 Å². The molecule has 8 heteroatoms. The van der Waals surface area contributed by atoms with Gasteiger partial charge in [0.1, 0.15) is 5.82 Å². The first-order valence-electron chi connectivity index (χ1n) is 6.35. The van der Waals surface area contributed by atoms with Gasteiger partial charge in [0.2, 0.25) is 0 Å². The summed E-state index contributed by atoms with van der Waals surface area (Å²) in [5.74, 6) is -2.73. The minimum absolute atomic E-state index is 0.210. The van der Waals surface area contributed by atoms with Gasteiger partial charge in [-0.15, -0.1) is 0 Å². The third-order valence-corrected chi connectivity index (χ3v) is 5.06. The van der Waals surface area contributed by atoms with Crippen LogP contribution in [0.1, 0.15) is 10.4 Å². The van der Waals surface area contributed by atoms with Crippen LogP contribution in [0.3, 0.4) is 0 Å². The Morgan fingerprint density at radius 2 is 2.24 bits per heavy atom. The van der Waals surface area contributed by atoms with Crippen molar-refractivity contribution in [2.45, 2.75) is 11.0 Å². The number of carboxylic acids is 1.